The predicted molar refractivity (Wildman–Crippen MR) is 236 cm³/mol. The molecule has 22 heteroatoms. The summed E-state index contributed by atoms with van der Waals surface area (Å²) in [7, 11) is -6.49. The molecule has 62 heavy (non-hydrogen) atoms. The number of allylic oxidation sites excluding steroid dienone is 2. The van der Waals surface area contributed by atoms with Crippen molar-refractivity contribution in [2.75, 3.05) is 61.9 Å². The molecule has 0 fully saturated rings. The number of benzene rings is 4. The van der Waals surface area contributed by atoms with Gasteiger partial charge in [-0.1, -0.05) is 60.7 Å². The number of aliphatic hydroxyl groups is 2. The van der Waals surface area contributed by atoms with Gasteiger partial charge in [0.25, 0.3) is 0 Å². The fourth-order valence-electron chi connectivity index (χ4n) is 5.75. The van der Waals surface area contributed by atoms with Gasteiger partial charge in [0.05, 0.1) is 68.2 Å². The first-order chi connectivity index (χ1) is 28.7. The molecule has 0 amide bonds. The Balaban J connectivity index is 0.00000422. The normalized spacial score (nSPS) is 14.0. The van der Waals surface area contributed by atoms with Gasteiger partial charge < -0.3 is 39.8 Å². The van der Waals surface area contributed by atoms with Crippen LogP contribution in [0.2, 0.25) is 0 Å². The van der Waals surface area contributed by atoms with Gasteiger partial charge in [0, 0.05) is 62.5 Å². The summed E-state index contributed by atoms with van der Waals surface area (Å²) in [6, 6.07) is 27.1. The summed E-state index contributed by atoms with van der Waals surface area (Å²) >= 11 is 2.51. The second-order valence-electron chi connectivity index (χ2n) is 13.2. The van der Waals surface area contributed by atoms with Crippen molar-refractivity contribution in [3.63, 3.8) is 0 Å². The molecule has 0 aromatic heterocycles. The molecule has 0 aliphatic carbocycles. The number of nitrogens with one attached hydrogen (secondary N) is 4. The number of hydrogen-bond donors (Lipinski definition) is 6. The van der Waals surface area contributed by atoms with Crippen molar-refractivity contribution in [3.8, 4) is 0 Å². The molecule has 4 aromatic rings. The molecule has 0 unspecified atom stereocenters. The third-order valence-corrected chi connectivity index (χ3v) is 12.5. The van der Waals surface area contributed by atoms with Gasteiger partial charge in [-0.05, 0) is 71.8 Å². The molecule has 2 aliphatic rings. The molecule has 0 atom stereocenters. The Morgan fingerprint density at radius 1 is 0.597 bits per heavy atom. The number of para-hydroxylation sites is 2. The fraction of sp³-hybridized carbons (Fsp3) is 0.150. The Hall–Kier alpha value is -3.58. The van der Waals surface area contributed by atoms with Crippen molar-refractivity contribution >= 4 is 79.0 Å². The first kappa shape index (κ1) is 51.1. The van der Waals surface area contributed by atoms with E-state index >= 15 is 0 Å². The van der Waals surface area contributed by atoms with E-state index in [9.17, 15) is 36.2 Å². The average Bonchev–Trinajstić information content (AvgIpc) is 3.20. The standard InChI is InChI=1S/C40H44N8O8S4.2Na/c1-45(19-21-49)39-25-35(41-31-9-5-3-6-10-31)27-47(57-39)43-33-17-15-29(37(23-33)59(51,52)53)13-14-30-16-18-34(24-38(30)60(54,55)56)44-48-28-36(42-32-11-7-4-8-12-32)26-40(58-48)46(2)20-22-50;;/h3-18,23-28,41-44,49-50H,19-22H2,1-2H3,(H,51,52,53)(H,54,55,56);;/q;2*+1/p-2. The topological polar surface area (TPSA) is 216 Å². The van der Waals surface area contributed by atoms with Crippen molar-refractivity contribution in [1.82, 2.24) is 18.6 Å². The van der Waals surface area contributed by atoms with Crippen LogP contribution in [0.3, 0.4) is 0 Å². The Morgan fingerprint density at radius 3 is 1.31 bits per heavy atom. The van der Waals surface area contributed by atoms with E-state index in [-0.39, 0.29) is 94.8 Å². The number of nitrogens with zero attached hydrogens (tertiary/aromatic N) is 4. The van der Waals surface area contributed by atoms with Crippen LogP contribution in [0.5, 0.6) is 0 Å². The quantitative estimate of drug-likeness (QED) is 0.0327. The molecule has 0 saturated carbocycles. The molecule has 2 aliphatic heterocycles. The van der Waals surface area contributed by atoms with Gasteiger partial charge in [-0.2, -0.15) is 0 Å². The number of hydrazine groups is 2. The summed E-state index contributed by atoms with van der Waals surface area (Å²) in [6.45, 7) is 0.542. The van der Waals surface area contributed by atoms with Gasteiger partial charge in [0.1, 0.15) is 20.2 Å². The van der Waals surface area contributed by atoms with Crippen molar-refractivity contribution in [1.29, 1.82) is 0 Å². The zero-order chi connectivity index (χ0) is 42.9. The van der Waals surface area contributed by atoms with Gasteiger partial charge in [-0.25, -0.2) is 25.7 Å². The monoisotopic (exact) mass is 936 g/mol. The van der Waals surface area contributed by atoms with Crippen LogP contribution in [0.1, 0.15) is 11.1 Å². The van der Waals surface area contributed by atoms with E-state index < -0.39 is 30.0 Å². The molecular formula is C40H42N8Na2O8S4. The van der Waals surface area contributed by atoms with Crippen LogP contribution < -0.4 is 80.6 Å². The van der Waals surface area contributed by atoms with Gasteiger partial charge >= 0.3 is 59.1 Å². The Bertz CT molecular complexity index is 2380. The van der Waals surface area contributed by atoms with Crippen LogP contribution in [-0.2, 0) is 20.2 Å². The molecule has 0 spiro atoms. The van der Waals surface area contributed by atoms with E-state index in [0.29, 0.717) is 24.5 Å². The van der Waals surface area contributed by atoms with Gasteiger partial charge in [0.2, 0.25) is 0 Å². The van der Waals surface area contributed by atoms with Crippen LogP contribution in [0, 0.1) is 0 Å². The van der Waals surface area contributed by atoms with Crippen molar-refractivity contribution < 1.29 is 95.3 Å². The summed E-state index contributed by atoms with van der Waals surface area (Å²) < 4.78 is 78.7. The maximum absolute atomic E-state index is 12.6. The minimum atomic E-state index is -5.06. The third kappa shape index (κ3) is 14.5. The van der Waals surface area contributed by atoms with Crippen molar-refractivity contribution in [3.05, 3.63) is 154 Å². The molecule has 316 valence electrons. The SMILES string of the molecule is CN(CCO)C1=CC(Nc2ccccc2)=CN(Nc2ccc(C=Cc3ccc(NN4C=C(Nc5ccccc5)C=C(N(C)CCO)S4)cc3S(=O)(=O)[O-])c(S(=O)(=O)[O-])c2)S1.[Na+].[Na+]. The number of anilines is 4. The zero-order valence-electron chi connectivity index (χ0n) is 34.3. The Labute approximate surface area is 414 Å². The van der Waals surface area contributed by atoms with Gasteiger partial charge in [-0.15, -0.1) is 0 Å². The molecule has 6 rings (SSSR count). The molecule has 4 aromatic carbocycles. The number of aliphatic hydroxyl groups excluding tert-OH is 2. The first-order valence-corrected chi connectivity index (χ1v) is 22.6. The van der Waals surface area contributed by atoms with Crippen LogP contribution in [-0.4, -0.2) is 95.2 Å². The van der Waals surface area contributed by atoms with Crippen LogP contribution in [0.25, 0.3) is 12.2 Å². The van der Waals surface area contributed by atoms with Gasteiger partial charge in [-0.3, -0.25) is 10.9 Å². The van der Waals surface area contributed by atoms with Crippen molar-refractivity contribution in [2.45, 2.75) is 9.79 Å². The molecule has 0 radical (unpaired) electrons. The molecule has 6 N–H and O–H groups in total. The van der Waals surface area contributed by atoms with E-state index in [0.717, 1.165) is 21.4 Å². The van der Waals surface area contributed by atoms with E-state index in [4.69, 9.17) is 0 Å². The zero-order valence-corrected chi connectivity index (χ0v) is 41.6. The fourth-order valence-corrected chi connectivity index (χ4v) is 9.00. The van der Waals surface area contributed by atoms with E-state index in [1.165, 1.54) is 60.3 Å². The molecule has 16 nitrogen and oxygen atoms in total. The number of hydrogen-bond acceptors (Lipinski definition) is 18. The molecular weight excluding hydrogens is 895 g/mol. The summed E-state index contributed by atoms with van der Waals surface area (Å²) in [5.41, 5.74) is 9.63. The summed E-state index contributed by atoms with van der Waals surface area (Å²) in [4.78, 5) is 2.52. The third-order valence-electron chi connectivity index (χ3n) is 8.69. The summed E-state index contributed by atoms with van der Waals surface area (Å²) in [5, 5.41) is 27.2. The Morgan fingerprint density at radius 2 is 0.968 bits per heavy atom. The maximum atomic E-state index is 12.6. The molecule has 0 saturated heterocycles. The van der Waals surface area contributed by atoms with Gasteiger partial charge in [0.15, 0.2) is 0 Å². The average molecular weight is 937 g/mol. The van der Waals surface area contributed by atoms with Crippen LogP contribution >= 0.6 is 23.9 Å². The van der Waals surface area contributed by atoms with Crippen LogP contribution in [0.4, 0.5) is 22.7 Å². The summed E-state index contributed by atoms with van der Waals surface area (Å²) in [6.07, 6.45) is 9.77. The summed E-state index contributed by atoms with van der Waals surface area (Å²) in [5.74, 6) is 0. The predicted octanol–water partition coefficient (Wildman–Crippen LogP) is -0.307. The van der Waals surface area contributed by atoms with E-state index in [1.807, 2.05) is 96.7 Å². The second kappa shape index (κ2) is 23.4. The second-order valence-corrected chi connectivity index (χ2v) is 17.9. The minimum absolute atomic E-state index is 0. The van der Waals surface area contributed by atoms with E-state index in [2.05, 4.69) is 21.5 Å². The van der Waals surface area contributed by atoms with Crippen molar-refractivity contribution in [2.24, 2.45) is 0 Å². The first-order valence-electron chi connectivity index (χ1n) is 18.2. The van der Waals surface area contributed by atoms with E-state index in [1.54, 1.807) is 33.4 Å². The van der Waals surface area contributed by atoms with Crippen LogP contribution in [0.15, 0.2) is 153 Å². The smallest absolute Gasteiger partial charge is 0.744 e. The number of likely N-dealkylation sites (N-methyl/N-ethyl adjacent to an activating group) is 2. The Kier molecular flexibility index (Phi) is 19.3. The largest absolute Gasteiger partial charge is 1.00 e. The molecule has 0 bridgehead atoms. The molecule has 2 heterocycles. The maximum Gasteiger partial charge on any atom is 1.00 e. The minimum Gasteiger partial charge on any atom is -0.744 e. The number of rotatable bonds is 18.